The van der Waals surface area contributed by atoms with Gasteiger partial charge in [0, 0.05) is 33.6 Å². The zero-order valence-corrected chi connectivity index (χ0v) is 16.2. The molecule has 2 heterocycles. The zero-order valence-electron chi connectivity index (χ0n) is 14.6. The predicted molar refractivity (Wildman–Crippen MR) is 104 cm³/mol. The van der Waals surface area contributed by atoms with E-state index >= 15 is 0 Å². The molecule has 1 saturated heterocycles. The van der Waals surface area contributed by atoms with Gasteiger partial charge in [-0.05, 0) is 73.0 Å². The van der Waals surface area contributed by atoms with E-state index in [9.17, 15) is 19.7 Å². The number of nitro benzene ring substituents is 1. The molecule has 7 nitrogen and oxygen atoms in total. The number of benzene rings is 2. The Labute approximate surface area is 164 Å². The molecule has 0 saturated carbocycles. The van der Waals surface area contributed by atoms with E-state index < -0.39 is 4.92 Å². The summed E-state index contributed by atoms with van der Waals surface area (Å²) in [5.74, 6) is -0.765. The third kappa shape index (κ3) is 3.02. The number of amides is 2. The van der Waals surface area contributed by atoms with Crippen LogP contribution in [0.1, 0.15) is 40.0 Å². The van der Waals surface area contributed by atoms with E-state index in [0.717, 1.165) is 26.1 Å². The Hall–Kier alpha value is -2.32. The molecule has 2 aromatic carbocycles. The molecule has 2 amide bonds. The maximum atomic E-state index is 12.9. The first kappa shape index (κ1) is 18.1. The Balaban J connectivity index is 1.69. The Morgan fingerprint density at radius 1 is 0.963 bits per heavy atom. The molecular formula is C19H18BrN3O4. The number of carbonyl (C=O) groups excluding carboxylic acids is 2. The first-order valence-corrected chi connectivity index (χ1v) is 9.76. The van der Waals surface area contributed by atoms with Gasteiger partial charge in [-0.3, -0.25) is 24.6 Å². The lowest BCUT2D eigenvalue weighted by Crippen LogP contribution is -2.41. The molecule has 27 heavy (non-hydrogen) atoms. The number of non-ortho nitro benzene ring substituents is 1. The van der Waals surface area contributed by atoms with E-state index in [2.05, 4.69) is 20.8 Å². The number of carbonyl (C=O) groups is 2. The van der Waals surface area contributed by atoms with Crippen LogP contribution in [0.5, 0.6) is 0 Å². The number of nitro groups is 1. The molecule has 140 valence electrons. The van der Waals surface area contributed by atoms with Gasteiger partial charge in [0.25, 0.3) is 17.5 Å². The van der Waals surface area contributed by atoms with Crippen molar-refractivity contribution in [1.29, 1.82) is 0 Å². The molecule has 0 radical (unpaired) electrons. The number of imide groups is 1. The van der Waals surface area contributed by atoms with Gasteiger partial charge >= 0.3 is 0 Å². The summed E-state index contributed by atoms with van der Waals surface area (Å²) in [5, 5.41) is 12.1. The highest BCUT2D eigenvalue weighted by Crippen LogP contribution is 2.39. The zero-order chi connectivity index (χ0) is 19.1. The third-order valence-corrected chi connectivity index (χ3v) is 5.95. The van der Waals surface area contributed by atoms with Gasteiger partial charge in [0.1, 0.15) is 0 Å². The van der Waals surface area contributed by atoms with E-state index in [-0.39, 0.29) is 17.5 Å². The van der Waals surface area contributed by atoms with Crippen molar-refractivity contribution in [1.82, 2.24) is 9.80 Å². The Morgan fingerprint density at radius 3 is 2.22 bits per heavy atom. The summed E-state index contributed by atoms with van der Waals surface area (Å²) >= 11 is 3.33. The van der Waals surface area contributed by atoms with Crippen LogP contribution in [0.3, 0.4) is 0 Å². The van der Waals surface area contributed by atoms with Crippen LogP contribution in [0.15, 0.2) is 28.7 Å². The molecule has 1 fully saturated rings. The van der Waals surface area contributed by atoms with Crippen molar-refractivity contribution in [2.75, 3.05) is 26.2 Å². The fourth-order valence-electron chi connectivity index (χ4n) is 3.99. The minimum absolute atomic E-state index is 0.120. The summed E-state index contributed by atoms with van der Waals surface area (Å²) in [7, 11) is 0. The largest absolute Gasteiger partial charge is 0.303 e. The first-order chi connectivity index (χ1) is 13.0. The average molecular weight is 432 g/mol. The summed E-state index contributed by atoms with van der Waals surface area (Å²) in [6.45, 7) is 3.35. The smallest absolute Gasteiger partial charge is 0.278 e. The maximum Gasteiger partial charge on any atom is 0.278 e. The summed E-state index contributed by atoms with van der Waals surface area (Å²) in [4.78, 5) is 40.4. The Morgan fingerprint density at radius 2 is 1.59 bits per heavy atom. The molecule has 0 atom stereocenters. The minimum atomic E-state index is -0.495. The highest BCUT2D eigenvalue weighted by Gasteiger charge is 2.35. The summed E-state index contributed by atoms with van der Waals surface area (Å²) in [5.41, 5.74) is 0.561. The number of nitrogens with zero attached hydrogens (tertiary/aromatic N) is 3. The molecule has 8 heteroatoms. The third-order valence-electron chi connectivity index (χ3n) is 5.29. The molecular weight excluding hydrogens is 414 g/mol. The van der Waals surface area contributed by atoms with Crippen molar-refractivity contribution in [3.05, 3.63) is 50.0 Å². The lowest BCUT2D eigenvalue weighted by atomic mass is 9.93. The number of likely N-dealkylation sites (tertiary alicyclic amines) is 1. The van der Waals surface area contributed by atoms with Gasteiger partial charge in [0.05, 0.1) is 10.3 Å². The fraction of sp³-hybridized carbons (Fsp3) is 0.368. The molecule has 0 bridgehead atoms. The van der Waals surface area contributed by atoms with Crippen LogP contribution in [-0.2, 0) is 0 Å². The first-order valence-electron chi connectivity index (χ1n) is 8.97. The minimum Gasteiger partial charge on any atom is -0.303 e. The Bertz CT molecular complexity index is 947. The molecule has 0 aliphatic carbocycles. The van der Waals surface area contributed by atoms with Gasteiger partial charge in [0.2, 0.25) is 0 Å². The number of rotatable bonds is 5. The molecule has 2 aliphatic heterocycles. The van der Waals surface area contributed by atoms with Crippen LogP contribution in [0.2, 0.25) is 0 Å². The van der Waals surface area contributed by atoms with Crippen molar-refractivity contribution >= 4 is 44.2 Å². The summed E-state index contributed by atoms with van der Waals surface area (Å²) in [6.07, 6.45) is 3.12. The van der Waals surface area contributed by atoms with Crippen molar-refractivity contribution < 1.29 is 14.5 Å². The monoisotopic (exact) mass is 431 g/mol. The number of hydrogen-bond acceptors (Lipinski definition) is 5. The molecule has 0 aromatic heterocycles. The van der Waals surface area contributed by atoms with Crippen LogP contribution in [0, 0.1) is 10.1 Å². The average Bonchev–Trinajstić information content (AvgIpc) is 3.16. The molecule has 0 spiro atoms. The molecule has 4 rings (SSSR count). The summed E-state index contributed by atoms with van der Waals surface area (Å²) < 4.78 is 0.498. The Kier molecular flexibility index (Phi) is 4.69. The second-order valence-electron chi connectivity index (χ2n) is 6.90. The molecule has 2 aromatic rings. The van der Waals surface area contributed by atoms with E-state index in [0.29, 0.717) is 32.9 Å². The van der Waals surface area contributed by atoms with E-state index in [1.165, 1.54) is 29.9 Å². The maximum absolute atomic E-state index is 12.9. The van der Waals surface area contributed by atoms with Crippen LogP contribution in [0.25, 0.3) is 10.8 Å². The topological polar surface area (TPSA) is 83.8 Å². The van der Waals surface area contributed by atoms with Crippen molar-refractivity contribution in [2.45, 2.75) is 19.3 Å². The standard InChI is InChI=1S/C19H18BrN3O4/c20-14-6-4-12-16-13(5-7-15(17(14)16)23(26)27)19(25)22(18(12)24)11-3-10-21-8-1-2-9-21/h4-7H,1-3,8-11H2. The van der Waals surface area contributed by atoms with Gasteiger partial charge in [0.15, 0.2) is 0 Å². The van der Waals surface area contributed by atoms with Gasteiger partial charge in [-0.25, -0.2) is 0 Å². The summed E-state index contributed by atoms with van der Waals surface area (Å²) in [6, 6.07) is 6.05. The van der Waals surface area contributed by atoms with Gasteiger partial charge in [-0.15, -0.1) is 0 Å². The van der Waals surface area contributed by atoms with Gasteiger partial charge in [-0.2, -0.15) is 0 Å². The highest BCUT2D eigenvalue weighted by atomic mass is 79.9. The second kappa shape index (κ2) is 7.01. The lowest BCUT2D eigenvalue weighted by Gasteiger charge is -2.28. The van der Waals surface area contributed by atoms with Crippen molar-refractivity contribution in [2.24, 2.45) is 0 Å². The number of hydrogen-bond donors (Lipinski definition) is 0. The normalized spacial score (nSPS) is 17.1. The van der Waals surface area contributed by atoms with Crippen LogP contribution in [-0.4, -0.2) is 52.7 Å². The molecule has 2 aliphatic rings. The predicted octanol–water partition coefficient (Wildman–Crippen LogP) is 3.59. The second-order valence-corrected chi connectivity index (χ2v) is 7.75. The van der Waals surface area contributed by atoms with Crippen LogP contribution >= 0.6 is 15.9 Å². The van der Waals surface area contributed by atoms with E-state index in [1.807, 2.05) is 0 Å². The van der Waals surface area contributed by atoms with Gasteiger partial charge in [-0.1, -0.05) is 0 Å². The quantitative estimate of drug-likeness (QED) is 0.410. The molecule has 0 N–H and O–H groups in total. The lowest BCUT2D eigenvalue weighted by molar-refractivity contribution is -0.383. The van der Waals surface area contributed by atoms with Crippen molar-refractivity contribution in [3.8, 4) is 0 Å². The highest BCUT2D eigenvalue weighted by molar-refractivity contribution is 9.10. The van der Waals surface area contributed by atoms with E-state index in [1.54, 1.807) is 12.1 Å². The van der Waals surface area contributed by atoms with Crippen molar-refractivity contribution in [3.63, 3.8) is 0 Å². The SMILES string of the molecule is O=C1c2ccc(Br)c3c([N+](=O)[O-])ccc(c23)C(=O)N1CCCN1CCCC1. The molecule has 0 unspecified atom stereocenters. The van der Waals surface area contributed by atoms with Gasteiger partial charge < -0.3 is 4.90 Å². The number of halogens is 1. The fourth-order valence-corrected chi connectivity index (χ4v) is 4.52. The van der Waals surface area contributed by atoms with Crippen LogP contribution < -0.4 is 0 Å². The van der Waals surface area contributed by atoms with Crippen LogP contribution in [0.4, 0.5) is 5.69 Å². The van der Waals surface area contributed by atoms with E-state index in [4.69, 9.17) is 0 Å².